The number of hydrogen-bond donors (Lipinski definition) is 1. The Bertz CT molecular complexity index is 95.4. The van der Waals surface area contributed by atoms with Crippen LogP contribution in [0, 0.1) is 0 Å². The van der Waals surface area contributed by atoms with E-state index in [0.717, 1.165) is 0 Å². The van der Waals surface area contributed by atoms with Gasteiger partial charge in [-0.05, 0) is 20.8 Å². The smallest absolute Gasteiger partial charge is 0.308 e. The van der Waals surface area contributed by atoms with E-state index in [1.165, 1.54) is 0 Å². The molecular weight excluding hydrogens is 132 g/mol. The monoisotopic (exact) mass is 146 g/mol. The van der Waals surface area contributed by atoms with Gasteiger partial charge in [0.15, 0.2) is 0 Å². The summed E-state index contributed by atoms with van der Waals surface area (Å²) in [6.07, 6.45) is -0.615. The predicted octanol–water partition coefficient (Wildman–Crippen LogP) is 0.709. The van der Waals surface area contributed by atoms with E-state index in [0.29, 0.717) is 0 Å². The molecule has 3 heteroatoms. The molecule has 0 aliphatic heterocycles. The zero-order valence-corrected chi connectivity index (χ0v) is 6.63. The Morgan fingerprint density at radius 1 is 1.50 bits per heavy atom. The van der Waals surface area contributed by atoms with Crippen molar-refractivity contribution >= 4 is 5.97 Å². The summed E-state index contributed by atoms with van der Waals surface area (Å²) in [6.45, 7) is 5.11. The summed E-state index contributed by atoms with van der Waals surface area (Å²) in [4.78, 5) is 10.7. The topological polar surface area (TPSA) is 46.5 Å². The van der Waals surface area contributed by atoms with E-state index in [1.54, 1.807) is 20.8 Å². The molecule has 3 nitrogen and oxygen atoms in total. The molecule has 0 fully saturated rings. The van der Waals surface area contributed by atoms with Crippen molar-refractivity contribution in [3.05, 3.63) is 0 Å². The number of rotatable bonds is 3. The maximum absolute atomic E-state index is 10.7. The third-order valence-corrected chi connectivity index (χ3v) is 0.829. The van der Waals surface area contributed by atoms with Crippen LogP contribution in [0.1, 0.15) is 27.2 Å². The predicted molar refractivity (Wildman–Crippen MR) is 37.5 cm³/mol. The molecule has 0 unspecified atom stereocenters. The van der Waals surface area contributed by atoms with E-state index in [9.17, 15) is 4.79 Å². The van der Waals surface area contributed by atoms with E-state index in [-0.39, 0.29) is 18.5 Å². The van der Waals surface area contributed by atoms with Crippen LogP contribution in [0.3, 0.4) is 0 Å². The second kappa shape index (κ2) is 4.28. The zero-order chi connectivity index (χ0) is 8.15. The molecule has 0 amide bonds. The van der Waals surface area contributed by atoms with Crippen molar-refractivity contribution in [1.82, 2.24) is 0 Å². The molecule has 0 rings (SSSR count). The Labute approximate surface area is 61.0 Å². The number of hydrogen-bond acceptors (Lipinski definition) is 3. The van der Waals surface area contributed by atoms with Crippen molar-refractivity contribution in [2.45, 2.75) is 39.4 Å². The first-order valence-electron chi connectivity index (χ1n) is 3.40. The molecule has 0 saturated heterocycles. The van der Waals surface area contributed by atoms with Crippen molar-refractivity contribution in [1.29, 1.82) is 0 Å². The van der Waals surface area contributed by atoms with Gasteiger partial charge in [-0.1, -0.05) is 0 Å². The summed E-state index contributed by atoms with van der Waals surface area (Å²) < 4.78 is 4.76. The van der Waals surface area contributed by atoms with Crippen LogP contribution in [0.5, 0.6) is 0 Å². The van der Waals surface area contributed by atoms with Crippen molar-refractivity contribution < 1.29 is 14.6 Å². The van der Waals surface area contributed by atoms with Gasteiger partial charge in [-0.2, -0.15) is 0 Å². The van der Waals surface area contributed by atoms with Gasteiger partial charge in [0.1, 0.15) is 0 Å². The lowest BCUT2D eigenvalue weighted by Gasteiger charge is -2.08. The van der Waals surface area contributed by atoms with Gasteiger partial charge in [-0.15, -0.1) is 0 Å². The van der Waals surface area contributed by atoms with Gasteiger partial charge in [0.05, 0.1) is 18.6 Å². The highest BCUT2D eigenvalue weighted by atomic mass is 16.5. The third-order valence-electron chi connectivity index (χ3n) is 0.829. The molecule has 0 aliphatic carbocycles. The first kappa shape index (κ1) is 9.43. The number of carbonyl (C=O) groups excluding carboxylic acids is 1. The molecule has 0 aliphatic rings. The van der Waals surface area contributed by atoms with Crippen LogP contribution in [0.15, 0.2) is 0 Å². The lowest BCUT2D eigenvalue weighted by atomic mass is 10.3. The lowest BCUT2D eigenvalue weighted by Crippen LogP contribution is -2.16. The van der Waals surface area contributed by atoms with Gasteiger partial charge in [-0.3, -0.25) is 4.79 Å². The van der Waals surface area contributed by atoms with Crippen LogP contribution in [0.4, 0.5) is 0 Å². The molecule has 0 heterocycles. The van der Waals surface area contributed by atoms with E-state index >= 15 is 0 Å². The molecule has 0 aromatic heterocycles. The molecule has 1 atom stereocenters. The highest BCUT2D eigenvalue weighted by Gasteiger charge is 2.07. The number of aliphatic hydroxyl groups is 1. The van der Waals surface area contributed by atoms with Gasteiger partial charge < -0.3 is 9.84 Å². The maximum atomic E-state index is 10.7. The standard InChI is InChI=1S/C7H14O3/c1-5(2)10-7(9)4-6(3)8/h5-6,8H,4H2,1-3H3/t6-/m0/s1. The van der Waals surface area contributed by atoms with Crippen molar-refractivity contribution in [3.8, 4) is 0 Å². The molecule has 0 saturated carbocycles. The minimum atomic E-state index is -0.605. The highest BCUT2D eigenvalue weighted by molar-refractivity contribution is 5.69. The average Bonchev–Trinajstić information content (AvgIpc) is 1.58. The van der Waals surface area contributed by atoms with Gasteiger partial charge >= 0.3 is 5.97 Å². The van der Waals surface area contributed by atoms with Gasteiger partial charge in [-0.25, -0.2) is 0 Å². The highest BCUT2D eigenvalue weighted by Crippen LogP contribution is 1.96. The summed E-state index contributed by atoms with van der Waals surface area (Å²) in [5.74, 6) is -0.343. The normalized spacial score (nSPS) is 13.3. The minimum Gasteiger partial charge on any atom is -0.463 e. The molecule has 0 bridgehead atoms. The SMILES string of the molecule is CC(C)OC(=O)C[C@H](C)O. The second-order valence-corrected chi connectivity index (χ2v) is 2.59. The van der Waals surface area contributed by atoms with Gasteiger partial charge in [0.25, 0.3) is 0 Å². The Morgan fingerprint density at radius 3 is 2.30 bits per heavy atom. The van der Waals surface area contributed by atoms with E-state index in [2.05, 4.69) is 0 Å². The largest absolute Gasteiger partial charge is 0.463 e. The molecule has 0 aromatic carbocycles. The molecule has 1 N–H and O–H groups in total. The van der Waals surface area contributed by atoms with E-state index in [1.807, 2.05) is 0 Å². The maximum Gasteiger partial charge on any atom is 0.308 e. The van der Waals surface area contributed by atoms with Crippen molar-refractivity contribution in [3.63, 3.8) is 0 Å². The summed E-state index contributed by atoms with van der Waals surface area (Å²) >= 11 is 0. The van der Waals surface area contributed by atoms with Crippen LogP contribution < -0.4 is 0 Å². The number of aliphatic hydroxyl groups excluding tert-OH is 1. The summed E-state index contributed by atoms with van der Waals surface area (Å²) in [6, 6.07) is 0. The average molecular weight is 146 g/mol. The van der Waals surface area contributed by atoms with Crippen molar-refractivity contribution in [2.24, 2.45) is 0 Å². The summed E-state index contributed by atoms with van der Waals surface area (Å²) in [5, 5.41) is 8.73. The Balaban J connectivity index is 3.44. The zero-order valence-electron chi connectivity index (χ0n) is 6.63. The first-order valence-corrected chi connectivity index (χ1v) is 3.40. The van der Waals surface area contributed by atoms with Crippen molar-refractivity contribution in [2.75, 3.05) is 0 Å². The Hall–Kier alpha value is -0.570. The molecule has 0 radical (unpaired) electrons. The number of carbonyl (C=O) groups is 1. The summed E-state index contributed by atoms with van der Waals surface area (Å²) in [5.41, 5.74) is 0. The second-order valence-electron chi connectivity index (χ2n) is 2.59. The molecule has 0 spiro atoms. The van der Waals surface area contributed by atoms with Crippen LogP contribution in [0.2, 0.25) is 0 Å². The fourth-order valence-electron chi connectivity index (χ4n) is 0.552. The third kappa shape index (κ3) is 5.56. The Morgan fingerprint density at radius 2 is 2.00 bits per heavy atom. The molecule has 0 aromatic rings. The van der Waals surface area contributed by atoms with Gasteiger partial charge in [0.2, 0.25) is 0 Å². The fourth-order valence-corrected chi connectivity index (χ4v) is 0.552. The number of ether oxygens (including phenoxy) is 1. The Kier molecular flexibility index (Phi) is 4.03. The van der Waals surface area contributed by atoms with Gasteiger partial charge in [0, 0.05) is 0 Å². The van der Waals surface area contributed by atoms with E-state index < -0.39 is 6.10 Å². The van der Waals surface area contributed by atoms with Crippen LogP contribution in [-0.4, -0.2) is 23.3 Å². The molecular formula is C7H14O3. The summed E-state index contributed by atoms with van der Waals surface area (Å²) in [7, 11) is 0. The number of esters is 1. The minimum absolute atomic E-state index is 0.0815. The van der Waals surface area contributed by atoms with Crippen LogP contribution in [0.25, 0.3) is 0 Å². The van der Waals surface area contributed by atoms with Crippen LogP contribution >= 0.6 is 0 Å². The first-order chi connectivity index (χ1) is 4.52. The molecule has 60 valence electrons. The molecule has 10 heavy (non-hydrogen) atoms. The fraction of sp³-hybridized carbons (Fsp3) is 0.857. The lowest BCUT2D eigenvalue weighted by molar-refractivity contribution is -0.149. The van der Waals surface area contributed by atoms with E-state index in [4.69, 9.17) is 9.84 Å². The quantitative estimate of drug-likeness (QED) is 0.596. The van der Waals surface area contributed by atoms with Crippen LogP contribution in [-0.2, 0) is 9.53 Å².